The number of amides is 2. The Morgan fingerprint density at radius 3 is 2.59 bits per heavy atom. The van der Waals surface area contributed by atoms with Gasteiger partial charge in [0.05, 0.1) is 19.3 Å². The van der Waals surface area contributed by atoms with Gasteiger partial charge in [-0.1, -0.05) is 60.7 Å². The minimum atomic E-state index is -0.907. The van der Waals surface area contributed by atoms with E-state index in [0.29, 0.717) is 25.3 Å². The van der Waals surface area contributed by atoms with E-state index in [0.717, 1.165) is 33.6 Å². The number of aromatic nitrogens is 2. The highest BCUT2D eigenvalue weighted by Gasteiger charge is 2.32. The zero-order chi connectivity index (χ0) is 31.1. The monoisotopic (exact) mass is 596 g/mol. The maximum Gasteiger partial charge on any atom is 0.249 e. The van der Waals surface area contributed by atoms with Crippen LogP contribution in [-0.2, 0) is 22.6 Å². The van der Waals surface area contributed by atoms with Gasteiger partial charge >= 0.3 is 0 Å². The molecular formula is C34H40N6O4. The smallest absolute Gasteiger partial charge is 0.249 e. The van der Waals surface area contributed by atoms with E-state index in [9.17, 15) is 14.7 Å². The Morgan fingerprint density at radius 2 is 1.84 bits per heavy atom. The molecule has 2 atom stereocenters. The van der Waals surface area contributed by atoms with Gasteiger partial charge in [0, 0.05) is 47.8 Å². The van der Waals surface area contributed by atoms with Crippen LogP contribution >= 0.6 is 0 Å². The number of imidazole rings is 1. The number of para-hydroxylation sites is 2. The molecule has 6 N–H and O–H groups in total. The molecule has 0 spiro atoms. The standard InChI is InChI=1S/C34H40N6O4/c1-34(2,37-20-26(42)22-41)19-31(43)38-29-16-15-25-7-3-6-10-30(25)40(32(29)44)21-23-11-13-24(14-12-23)27-8-4-5-9-28(27)39-33-35-17-18-36-33/h3-14,17-18,26,29,37,41-42H,15-16,19-22H2,1-2H3,(H,38,43)(H2,35,36,39)/t26-,29+/m0/s1. The van der Waals surface area contributed by atoms with E-state index in [1.807, 2.05) is 86.6 Å². The van der Waals surface area contributed by atoms with Crippen molar-refractivity contribution in [2.75, 3.05) is 23.4 Å². The molecule has 0 unspecified atom stereocenters. The summed E-state index contributed by atoms with van der Waals surface area (Å²) in [6.45, 7) is 3.86. The average molecular weight is 597 g/mol. The predicted octanol–water partition coefficient (Wildman–Crippen LogP) is 3.90. The van der Waals surface area contributed by atoms with Crippen LogP contribution in [0.25, 0.3) is 11.1 Å². The van der Waals surface area contributed by atoms with Crippen molar-refractivity contribution in [3.8, 4) is 11.1 Å². The Hall–Kier alpha value is -4.51. The van der Waals surface area contributed by atoms with Gasteiger partial charge in [0.1, 0.15) is 6.04 Å². The van der Waals surface area contributed by atoms with Gasteiger partial charge in [-0.3, -0.25) is 9.59 Å². The number of hydrogen-bond donors (Lipinski definition) is 6. The minimum absolute atomic E-state index is 0.111. The Kier molecular flexibility index (Phi) is 9.74. The van der Waals surface area contributed by atoms with Crippen LogP contribution in [0.1, 0.15) is 37.8 Å². The highest BCUT2D eigenvalue weighted by atomic mass is 16.3. The summed E-state index contributed by atoms with van der Waals surface area (Å²) in [6, 6.07) is 23.4. The summed E-state index contributed by atoms with van der Waals surface area (Å²) in [5.41, 5.74) is 5.22. The summed E-state index contributed by atoms with van der Waals surface area (Å²) in [4.78, 5) is 36.2. The van der Waals surface area contributed by atoms with Crippen LogP contribution in [-0.4, -0.2) is 62.8 Å². The van der Waals surface area contributed by atoms with Gasteiger partial charge in [-0.05, 0) is 55.5 Å². The maximum absolute atomic E-state index is 14.0. The number of aromatic amines is 1. The normalized spacial score (nSPS) is 15.8. The molecule has 230 valence electrons. The molecule has 10 nitrogen and oxygen atoms in total. The molecular weight excluding hydrogens is 556 g/mol. The molecule has 0 aliphatic carbocycles. The Bertz CT molecular complexity index is 1550. The molecule has 4 aromatic rings. The number of hydrogen-bond acceptors (Lipinski definition) is 7. The molecule has 2 heterocycles. The third-order valence-corrected chi connectivity index (χ3v) is 7.80. The number of carbonyl (C=O) groups excluding carboxylic acids is 2. The zero-order valence-electron chi connectivity index (χ0n) is 25.1. The number of aliphatic hydroxyl groups is 2. The van der Waals surface area contributed by atoms with E-state index in [4.69, 9.17) is 5.11 Å². The lowest BCUT2D eigenvalue weighted by molar-refractivity contribution is -0.128. The molecule has 0 saturated carbocycles. The number of benzene rings is 3. The fraction of sp³-hybridized carbons (Fsp3) is 0.324. The number of fused-ring (bicyclic) bond motifs is 1. The molecule has 5 rings (SSSR count). The Labute approximate surface area is 257 Å². The second-order valence-electron chi connectivity index (χ2n) is 11.8. The number of rotatable bonds is 12. The van der Waals surface area contributed by atoms with Crippen LogP contribution in [0.4, 0.5) is 17.3 Å². The van der Waals surface area contributed by atoms with E-state index in [1.54, 1.807) is 17.3 Å². The highest BCUT2D eigenvalue weighted by Crippen LogP contribution is 2.32. The summed E-state index contributed by atoms with van der Waals surface area (Å²) >= 11 is 0. The maximum atomic E-state index is 14.0. The number of β-amino-alcohol motifs (C(OH)–C–C–N with tert-alkyl or cyclic N) is 1. The van der Waals surface area contributed by atoms with Crippen molar-refractivity contribution >= 4 is 29.1 Å². The van der Waals surface area contributed by atoms with Gasteiger partial charge in [-0.15, -0.1) is 0 Å². The molecule has 3 aromatic carbocycles. The van der Waals surface area contributed by atoms with E-state index >= 15 is 0 Å². The molecule has 0 bridgehead atoms. The zero-order valence-corrected chi connectivity index (χ0v) is 25.1. The van der Waals surface area contributed by atoms with Crippen molar-refractivity contribution in [1.82, 2.24) is 20.6 Å². The largest absolute Gasteiger partial charge is 0.394 e. The molecule has 0 saturated heterocycles. The van der Waals surface area contributed by atoms with E-state index < -0.39 is 17.7 Å². The van der Waals surface area contributed by atoms with E-state index in [-0.39, 0.29) is 31.4 Å². The topological polar surface area (TPSA) is 143 Å². The summed E-state index contributed by atoms with van der Waals surface area (Å²) in [5, 5.41) is 28.2. The number of carbonyl (C=O) groups is 2. The fourth-order valence-corrected chi connectivity index (χ4v) is 5.46. The number of H-pyrrole nitrogens is 1. The number of aliphatic hydroxyl groups excluding tert-OH is 2. The first kappa shape index (κ1) is 30.9. The molecule has 10 heteroatoms. The minimum Gasteiger partial charge on any atom is -0.394 e. The van der Waals surface area contributed by atoms with Gasteiger partial charge in [0.15, 0.2) is 0 Å². The lowest BCUT2D eigenvalue weighted by atomic mass is 9.99. The first-order valence-electron chi connectivity index (χ1n) is 14.9. The Morgan fingerprint density at radius 1 is 1.09 bits per heavy atom. The quantitative estimate of drug-likeness (QED) is 0.146. The lowest BCUT2D eigenvalue weighted by Crippen LogP contribution is -2.51. The fourth-order valence-electron chi connectivity index (χ4n) is 5.46. The third kappa shape index (κ3) is 7.71. The van der Waals surface area contributed by atoms with E-state index in [2.05, 4.69) is 25.9 Å². The first-order chi connectivity index (χ1) is 21.2. The van der Waals surface area contributed by atoms with Crippen LogP contribution < -0.4 is 20.9 Å². The van der Waals surface area contributed by atoms with Crippen molar-refractivity contribution in [3.05, 3.63) is 96.3 Å². The van der Waals surface area contributed by atoms with Crippen molar-refractivity contribution < 1.29 is 19.8 Å². The molecule has 44 heavy (non-hydrogen) atoms. The van der Waals surface area contributed by atoms with Crippen LogP contribution in [0.5, 0.6) is 0 Å². The highest BCUT2D eigenvalue weighted by molar-refractivity contribution is 6.00. The van der Waals surface area contributed by atoms with Gasteiger partial charge in [-0.2, -0.15) is 0 Å². The molecule has 0 radical (unpaired) electrons. The molecule has 2 amide bonds. The number of anilines is 3. The van der Waals surface area contributed by atoms with Crippen LogP contribution in [0, 0.1) is 0 Å². The first-order valence-corrected chi connectivity index (χ1v) is 14.9. The van der Waals surface area contributed by atoms with Gasteiger partial charge < -0.3 is 36.0 Å². The second-order valence-corrected chi connectivity index (χ2v) is 11.8. The van der Waals surface area contributed by atoms with Crippen molar-refractivity contribution in [1.29, 1.82) is 0 Å². The molecule has 1 aliphatic rings. The molecule has 0 fully saturated rings. The summed E-state index contributed by atoms with van der Waals surface area (Å²) < 4.78 is 0. The number of aryl methyl sites for hydroxylation is 1. The van der Waals surface area contributed by atoms with Gasteiger partial charge in [0.25, 0.3) is 0 Å². The number of nitrogens with one attached hydrogen (secondary N) is 4. The molecule has 1 aliphatic heterocycles. The van der Waals surface area contributed by atoms with Crippen molar-refractivity contribution in [3.63, 3.8) is 0 Å². The summed E-state index contributed by atoms with van der Waals surface area (Å²) in [6.07, 6.45) is 3.82. The summed E-state index contributed by atoms with van der Waals surface area (Å²) in [5.74, 6) is 0.257. The van der Waals surface area contributed by atoms with Crippen molar-refractivity contribution in [2.24, 2.45) is 0 Å². The second kappa shape index (κ2) is 13.9. The van der Waals surface area contributed by atoms with Crippen LogP contribution in [0.2, 0.25) is 0 Å². The molecule has 1 aromatic heterocycles. The van der Waals surface area contributed by atoms with Gasteiger partial charge in [-0.25, -0.2) is 4.98 Å². The van der Waals surface area contributed by atoms with Crippen LogP contribution in [0.15, 0.2) is 85.2 Å². The third-order valence-electron chi connectivity index (χ3n) is 7.80. The predicted molar refractivity (Wildman–Crippen MR) is 171 cm³/mol. The average Bonchev–Trinajstić information content (AvgIpc) is 3.50. The lowest BCUT2D eigenvalue weighted by Gasteiger charge is -2.29. The van der Waals surface area contributed by atoms with Gasteiger partial charge in [0.2, 0.25) is 17.8 Å². The van der Waals surface area contributed by atoms with Crippen molar-refractivity contribution in [2.45, 2.75) is 57.3 Å². The summed E-state index contributed by atoms with van der Waals surface area (Å²) in [7, 11) is 0. The Balaban J connectivity index is 1.31. The SMILES string of the molecule is CC(C)(CC(=O)N[C@@H]1CCc2ccccc2N(Cc2ccc(-c3ccccc3Nc3ncc[nH]3)cc2)C1=O)NC[C@H](O)CO. The van der Waals surface area contributed by atoms with Crippen LogP contribution in [0.3, 0.4) is 0 Å². The van der Waals surface area contributed by atoms with E-state index in [1.165, 1.54) is 0 Å². The number of nitrogens with zero attached hydrogens (tertiary/aromatic N) is 2.